The Morgan fingerprint density at radius 1 is 1.24 bits per heavy atom. The molecule has 0 radical (unpaired) electrons. The molecule has 29 heavy (non-hydrogen) atoms. The van der Waals surface area contributed by atoms with Crippen molar-refractivity contribution in [2.75, 3.05) is 32.0 Å². The quantitative estimate of drug-likeness (QED) is 0.345. The zero-order valence-corrected chi connectivity index (χ0v) is 19.9. The molecule has 1 aliphatic heterocycles. The molecule has 1 heterocycles. The summed E-state index contributed by atoms with van der Waals surface area (Å²) in [7, 11) is 1.36. The summed E-state index contributed by atoms with van der Waals surface area (Å²) in [6.45, 7) is 4.27. The predicted molar refractivity (Wildman–Crippen MR) is 117 cm³/mol. The molecule has 0 aliphatic carbocycles. The average molecular weight is 483 g/mol. The third-order valence-electron chi connectivity index (χ3n) is 4.88. The van der Waals surface area contributed by atoms with Crippen LogP contribution in [0.5, 0.6) is 0 Å². The molecule has 0 fully saturated rings. The van der Waals surface area contributed by atoms with Gasteiger partial charge in [-0.25, -0.2) is 0 Å². The summed E-state index contributed by atoms with van der Waals surface area (Å²) >= 11 is 4.05. The van der Waals surface area contributed by atoms with E-state index in [1.54, 1.807) is 18.7 Å². The molecule has 2 rings (SSSR count). The van der Waals surface area contributed by atoms with Crippen LogP contribution in [0, 0.1) is 0 Å². The zero-order valence-electron chi connectivity index (χ0n) is 17.2. The Morgan fingerprint density at radius 3 is 2.48 bits per heavy atom. The number of methoxy groups -OCH3 is 1. The molecular formula is C21H28N2O4SSe. The Labute approximate surface area is 184 Å². The fraction of sp³-hybridized carbons (Fsp3) is 0.429. The summed E-state index contributed by atoms with van der Waals surface area (Å²) in [6.07, 6.45) is 2.47. The van der Waals surface area contributed by atoms with E-state index in [2.05, 4.69) is 16.0 Å². The van der Waals surface area contributed by atoms with Gasteiger partial charge >= 0.3 is 185 Å². The number of hydrogen-bond donors (Lipinski definition) is 1. The summed E-state index contributed by atoms with van der Waals surface area (Å²) in [5.74, 6) is -1.47. The molecule has 0 spiro atoms. The number of nitrogens with two attached hydrogens (primary N) is 1. The van der Waals surface area contributed by atoms with Crippen molar-refractivity contribution in [3.63, 3.8) is 0 Å². The van der Waals surface area contributed by atoms with E-state index in [0.29, 0.717) is 29.6 Å². The number of benzene rings is 1. The summed E-state index contributed by atoms with van der Waals surface area (Å²) in [6, 6.07) is 7.78. The molecular weight excluding hydrogens is 455 g/mol. The molecule has 1 atom stereocenters. The van der Waals surface area contributed by atoms with E-state index < -0.39 is 17.9 Å². The first-order valence-electron chi connectivity index (χ1n) is 9.37. The average Bonchev–Trinajstić information content (AvgIpc) is 2.73. The second kappa shape index (κ2) is 10.9. The van der Waals surface area contributed by atoms with Crippen LogP contribution in [0.2, 0.25) is 0 Å². The molecule has 0 amide bonds. The number of esters is 2. The topological polar surface area (TPSA) is 81.9 Å². The number of thioether (sulfide) groups is 1. The van der Waals surface area contributed by atoms with Gasteiger partial charge in [0.2, 0.25) is 0 Å². The van der Waals surface area contributed by atoms with E-state index in [-0.39, 0.29) is 6.61 Å². The first-order chi connectivity index (χ1) is 14.0. The van der Waals surface area contributed by atoms with Crippen molar-refractivity contribution >= 4 is 39.7 Å². The Morgan fingerprint density at radius 2 is 1.93 bits per heavy atom. The number of allylic oxidation sites excluding steroid dienone is 1. The molecule has 1 aromatic carbocycles. The van der Waals surface area contributed by atoms with Crippen LogP contribution in [0.1, 0.15) is 31.7 Å². The van der Waals surface area contributed by atoms with Crippen molar-refractivity contribution in [2.24, 2.45) is 5.73 Å². The fourth-order valence-corrected chi connectivity index (χ4v) is 5.09. The van der Waals surface area contributed by atoms with Crippen LogP contribution in [-0.2, 0) is 19.1 Å². The van der Waals surface area contributed by atoms with Gasteiger partial charge in [-0.3, -0.25) is 0 Å². The van der Waals surface area contributed by atoms with E-state index >= 15 is 0 Å². The summed E-state index contributed by atoms with van der Waals surface area (Å²) in [4.78, 5) is 29.0. The zero-order chi connectivity index (χ0) is 21.6. The number of ether oxygens (including phenoxy) is 2. The Hall–Kier alpha value is -1.73. The van der Waals surface area contributed by atoms with Gasteiger partial charge in [-0.05, 0) is 0 Å². The molecule has 0 bridgehead atoms. The van der Waals surface area contributed by atoms with Gasteiger partial charge in [0, 0.05) is 0 Å². The van der Waals surface area contributed by atoms with Crippen LogP contribution in [0.4, 0.5) is 0 Å². The Kier molecular flexibility index (Phi) is 8.83. The second-order valence-corrected chi connectivity index (χ2v) is 7.80. The number of hydrogen-bond acceptors (Lipinski definition) is 7. The van der Waals surface area contributed by atoms with Gasteiger partial charge < -0.3 is 0 Å². The summed E-state index contributed by atoms with van der Waals surface area (Å²) < 4.78 is 10.5. The van der Waals surface area contributed by atoms with Crippen molar-refractivity contribution in [2.45, 2.75) is 31.1 Å². The SMILES string of the molecule is CCOC(=O)C1=C(CCN)N(C[SeH])C(C)=C(C(=O)OC)C1c1ccccc1SC. The molecule has 1 unspecified atom stereocenters. The van der Waals surface area contributed by atoms with Crippen LogP contribution in [0.15, 0.2) is 51.7 Å². The molecule has 0 saturated carbocycles. The number of rotatable bonds is 8. The predicted octanol–water partition coefficient (Wildman–Crippen LogP) is 2.28. The third-order valence-corrected chi connectivity index (χ3v) is 6.29. The van der Waals surface area contributed by atoms with Crippen LogP contribution >= 0.6 is 11.8 Å². The van der Waals surface area contributed by atoms with Crippen LogP contribution < -0.4 is 5.73 Å². The van der Waals surface area contributed by atoms with Crippen molar-refractivity contribution in [3.05, 3.63) is 52.4 Å². The molecule has 158 valence electrons. The minimum atomic E-state index is -0.581. The van der Waals surface area contributed by atoms with E-state index in [1.807, 2.05) is 42.3 Å². The van der Waals surface area contributed by atoms with Gasteiger partial charge in [0.1, 0.15) is 0 Å². The van der Waals surface area contributed by atoms with Gasteiger partial charge in [0.15, 0.2) is 0 Å². The molecule has 2 N–H and O–H groups in total. The van der Waals surface area contributed by atoms with Crippen molar-refractivity contribution in [1.82, 2.24) is 4.90 Å². The molecule has 0 aromatic heterocycles. The molecule has 0 saturated heterocycles. The van der Waals surface area contributed by atoms with E-state index in [9.17, 15) is 9.59 Å². The van der Waals surface area contributed by atoms with Crippen molar-refractivity contribution < 1.29 is 19.1 Å². The number of nitrogens with zero attached hydrogens (tertiary/aromatic N) is 1. The van der Waals surface area contributed by atoms with Gasteiger partial charge in [-0.1, -0.05) is 0 Å². The van der Waals surface area contributed by atoms with Crippen LogP contribution in [0.25, 0.3) is 0 Å². The molecule has 8 heteroatoms. The molecule has 1 aliphatic rings. The Bertz CT molecular complexity index is 838. The van der Waals surface area contributed by atoms with Gasteiger partial charge in [0.05, 0.1) is 0 Å². The first-order valence-corrected chi connectivity index (χ1v) is 11.9. The first kappa shape index (κ1) is 23.5. The van der Waals surface area contributed by atoms with Crippen LogP contribution in [-0.4, -0.2) is 64.8 Å². The normalized spacial score (nSPS) is 16.9. The molecule has 6 nitrogen and oxygen atoms in total. The minimum absolute atomic E-state index is 0.244. The monoisotopic (exact) mass is 484 g/mol. The van der Waals surface area contributed by atoms with E-state index in [4.69, 9.17) is 15.2 Å². The third kappa shape index (κ3) is 4.72. The van der Waals surface area contributed by atoms with Gasteiger partial charge in [0.25, 0.3) is 0 Å². The van der Waals surface area contributed by atoms with E-state index in [1.165, 1.54) is 7.11 Å². The van der Waals surface area contributed by atoms with Crippen molar-refractivity contribution in [3.8, 4) is 0 Å². The summed E-state index contributed by atoms with van der Waals surface area (Å²) in [5.41, 5.74) is 9.75. The maximum absolute atomic E-state index is 13.2. The van der Waals surface area contributed by atoms with Crippen LogP contribution in [0.3, 0.4) is 0 Å². The number of carbonyl (C=O) groups is 2. The van der Waals surface area contributed by atoms with Crippen molar-refractivity contribution in [1.29, 1.82) is 0 Å². The fourth-order valence-electron chi connectivity index (χ4n) is 3.65. The standard InChI is InChI=1S/C21H28N2O4SSe/c1-5-27-21(25)19-15(10-11-22)23(12-29)13(2)17(20(24)26-3)18(19)14-8-6-7-9-16(14)28-4/h6-9,18,29H,5,10-12,22H2,1-4H3. The maximum atomic E-state index is 13.2. The second-order valence-electron chi connectivity index (χ2n) is 6.35. The van der Waals surface area contributed by atoms with E-state index in [0.717, 1.165) is 21.9 Å². The Balaban J connectivity index is 2.89. The van der Waals surface area contributed by atoms with Gasteiger partial charge in [-0.15, -0.1) is 0 Å². The number of carbonyl (C=O) groups excluding carboxylic acids is 2. The molecule has 1 aromatic rings. The summed E-state index contributed by atoms with van der Waals surface area (Å²) in [5, 5.41) is 0. The van der Waals surface area contributed by atoms with Gasteiger partial charge in [-0.2, -0.15) is 0 Å².